The number of hydrogen-bond acceptors (Lipinski definition) is 5. The molecule has 0 amide bonds. The van der Waals surface area contributed by atoms with E-state index in [4.69, 9.17) is 0 Å². The SMILES string of the molecule is O=[N+]([O-])/C=C/Nc1cccc([N+](=O)[O-])c1. The van der Waals surface area contributed by atoms with Crippen molar-refractivity contribution >= 4 is 11.4 Å². The first kappa shape index (κ1) is 10.6. The second-order valence-corrected chi connectivity index (χ2v) is 2.55. The maximum absolute atomic E-state index is 10.4. The van der Waals surface area contributed by atoms with Crippen molar-refractivity contribution < 1.29 is 9.85 Å². The first-order valence-corrected chi connectivity index (χ1v) is 3.91. The van der Waals surface area contributed by atoms with Crippen LogP contribution in [0.4, 0.5) is 11.4 Å². The van der Waals surface area contributed by atoms with Gasteiger partial charge in [0.05, 0.1) is 16.0 Å². The van der Waals surface area contributed by atoms with Crippen molar-refractivity contribution in [1.82, 2.24) is 0 Å². The molecule has 0 aromatic heterocycles. The van der Waals surface area contributed by atoms with E-state index in [0.29, 0.717) is 11.9 Å². The molecule has 0 spiro atoms. The molecular formula is C8H7N3O4. The van der Waals surface area contributed by atoms with Gasteiger partial charge in [0.15, 0.2) is 0 Å². The van der Waals surface area contributed by atoms with E-state index in [0.717, 1.165) is 6.20 Å². The van der Waals surface area contributed by atoms with Crippen molar-refractivity contribution in [2.45, 2.75) is 0 Å². The summed E-state index contributed by atoms with van der Waals surface area (Å²) in [6.07, 6.45) is 1.80. The van der Waals surface area contributed by atoms with E-state index >= 15 is 0 Å². The number of nitrogens with one attached hydrogen (secondary N) is 1. The maximum Gasteiger partial charge on any atom is 0.271 e. The van der Waals surface area contributed by atoms with E-state index in [-0.39, 0.29) is 5.69 Å². The number of hydrogen-bond donors (Lipinski definition) is 1. The molecule has 0 atom stereocenters. The van der Waals surface area contributed by atoms with Crippen LogP contribution in [0.15, 0.2) is 36.7 Å². The Hall–Kier alpha value is -2.44. The number of nitro benzene ring substituents is 1. The van der Waals surface area contributed by atoms with Gasteiger partial charge in [0.2, 0.25) is 6.20 Å². The topological polar surface area (TPSA) is 98.3 Å². The summed E-state index contributed by atoms with van der Waals surface area (Å²) in [4.78, 5) is 19.1. The van der Waals surface area contributed by atoms with E-state index in [9.17, 15) is 20.2 Å². The van der Waals surface area contributed by atoms with Crippen LogP contribution in [0.25, 0.3) is 0 Å². The summed E-state index contributed by atoms with van der Waals surface area (Å²) in [6, 6.07) is 5.67. The third kappa shape index (κ3) is 3.43. The molecule has 1 rings (SSSR count). The summed E-state index contributed by atoms with van der Waals surface area (Å²) >= 11 is 0. The Morgan fingerprint density at radius 3 is 2.60 bits per heavy atom. The number of nitrogens with zero attached hydrogens (tertiary/aromatic N) is 2. The lowest BCUT2D eigenvalue weighted by molar-refractivity contribution is -0.402. The first-order valence-electron chi connectivity index (χ1n) is 3.91. The summed E-state index contributed by atoms with van der Waals surface area (Å²) in [6.45, 7) is 0. The second kappa shape index (κ2) is 4.70. The molecule has 0 aliphatic heterocycles. The van der Waals surface area contributed by atoms with E-state index in [2.05, 4.69) is 5.32 Å². The van der Waals surface area contributed by atoms with Crippen molar-refractivity contribution in [3.05, 3.63) is 56.9 Å². The minimum Gasteiger partial charge on any atom is -0.356 e. The van der Waals surface area contributed by atoms with Crippen molar-refractivity contribution in [3.63, 3.8) is 0 Å². The van der Waals surface area contributed by atoms with Gasteiger partial charge in [-0.2, -0.15) is 0 Å². The van der Waals surface area contributed by atoms with Gasteiger partial charge in [0, 0.05) is 17.8 Å². The fourth-order valence-corrected chi connectivity index (χ4v) is 0.904. The lowest BCUT2D eigenvalue weighted by atomic mass is 10.3. The van der Waals surface area contributed by atoms with Crippen molar-refractivity contribution in [3.8, 4) is 0 Å². The summed E-state index contributed by atoms with van der Waals surface area (Å²) in [5.41, 5.74) is 0.344. The highest BCUT2D eigenvalue weighted by molar-refractivity contribution is 5.52. The molecular weight excluding hydrogens is 202 g/mol. The van der Waals surface area contributed by atoms with Crippen molar-refractivity contribution in [1.29, 1.82) is 0 Å². The van der Waals surface area contributed by atoms with Crippen LogP contribution < -0.4 is 5.32 Å². The van der Waals surface area contributed by atoms with E-state index in [1.807, 2.05) is 0 Å². The standard InChI is InChI=1S/C8H7N3O4/c12-10(13)5-4-9-7-2-1-3-8(6-7)11(14)15/h1-6,9H/b5-4+. The predicted octanol–water partition coefficient (Wildman–Crippen LogP) is 1.75. The van der Waals surface area contributed by atoms with Crippen LogP contribution in [0.3, 0.4) is 0 Å². The van der Waals surface area contributed by atoms with Crippen LogP contribution in [0, 0.1) is 20.2 Å². The van der Waals surface area contributed by atoms with Crippen LogP contribution in [0.5, 0.6) is 0 Å². The van der Waals surface area contributed by atoms with Gasteiger partial charge in [-0.1, -0.05) is 6.07 Å². The molecule has 7 heteroatoms. The highest BCUT2D eigenvalue weighted by Crippen LogP contribution is 2.16. The molecule has 0 heterocycles. The van der Waals surface area contributed by atoms with Gasteiger partial charge in [-0.15, -0.1) is 0 Å². The Balaban J connectivity index is 2.74. The quantitative estimate of drug-likeness (QED) is 0.601. The summed E-state index contributed by atoms with van der Waals surface area (Å²) in [5, 5.41) is 22.9. The van der Waals surface area contributed by atoms with Crippen molar-refractivity contribution in [2.75, 3.05) is 5.32 Å². The number of rotatable bonds is 4. The Bertz CT molecular complexity index is 416. The minimum absolute atomic E-state index is 0.0745. The molecule has 0 radical (unpaired) electrons. The van der Waals surface area contributed by atoms with Crippen molar-refractivity contribution in [2.24, 2.45) is 0 Å². The fourth-order valence-electron chi connectivity index (χ4n) is 0.904. The van der Waals surface area contributed by atoms with Crippen LogP contribution in [-0.2, 0) is 0 Å². The number of non-ortho nitro benzene ring substituents is 1. The molecule has 0 saturated heterocycles. The maximum atomic E-state index is 10.4. The highest BCUT2D eigenvalue weighted by Gasteiger charge is 2.04. The molecule has 78 valence electrons. The Morgan fingerprint density at radius 1 is 1.27 bits per heavy atom. The molecule has 1 aromatic rings. The molecule has 0 saturated carbocycles. The molecule has 0 fully saturated rings. The fraction of sp³-hybridized carbons (Fsp3) is 0. The largest absolute Gasteiger partial charge is 0.356 e. The monoisotopic (exact) mass is 209 g/mol. The van der Waals surface area contributed by atoms with Crippen LogP contribution >= 0.6 is 0 Å². The summed E-state index contributed by atoms with van der Waals surface area (Å²) in [5.74, 6) is 0. The number of anilines is 1. The molecule has 7 nitrogen and oxygen atoms in total. The number of nitro groups is 2. The van der Waals surface area contributed by atoms with Gasteiger partial charge in [0.25, 0.3) is 5.69 Å². The Kier molecular flexibility index (Phi) is 3.33. The number of benzene rings is 1. The van der Waals surface area contributed by atoms with Crippen LogP contribution in [0.1, 0.15) is 0 Å². The predicted molar refractivity (Wildman–Crippen MR) is 52.9 cm³/mol. The van der Waals surface area contributed by atoms with Crippen LogP contribution in [-0.4, -0.2) is 9.85 Å². The molecule has 0 aliphatic rings. The van der Waals surface area contributed by atoms with E-state index in [1.54, 1.807) is 6.07 Å². The summed E-state index contributed by atoms with van der Waals surface area (Å²) < 4.78 is 0. The van der Waals surface area contributed by atoms with E-state index in [1.165, 1.54) is 18.2 Å². The third-order valence-electron chi connectivity index (χ3n) is 1.50. The zero-order valence-electron chi connectivity index (χ0n) is 7.49. The normalized spacial score (nSPS) is 10.1. The average Bonchev–Trinajstić information content (AvgIpc) is 2.17. The van der Waals surface area contributed by atoms with Gasteiger partial charge < -0.3 is 5.32 Å². The molecule has 15 heavy (non-hydrogen) atoms. The zero-order valence-corrected chi connectivity index (χ0v) is 7.49. The molecule has 1 N–H and O–H groups in total. The molecule has 0 aliphatic carbocycles. The van der Waals surface area contributed by atoms with Gasteiger partial charge in [0.1, 0.15) is 0 Å². The molecule has 0 unspecified atom stereocenters. The van der Waals surface area contributed by atoms with Gasteiger partial charge in [-0.25, -0.2) is 0 Å². The zero-order chi connectivity index (χ0) is 11.3. The second-order valence-electron chi connectivity index (χ2n) is 2.55. The Morgan fingerprint density at radius 2 is 2.00 bits per heavy atom. The highest BCUT2D eigenvalue weighted by atomic mass is 16.6. The first-order chi connectivity index (χ1) is 7.09. The average molecular weight is 209 g/mol. The third-order valence-corrected chi connectivity index (χ3v) is 1.50. The smallest absolute Gasteiger partial charge is 0.271 e. The summed E-state index contributed by atoms with van der Waals surface area (Å²) in [7, 11) is 0. The Labute approximate surface area is 84.3 Å². The molecule has 1 aromatic carbocycles. The minimum atomic E-state index is -0.635. The lowest BCUT2D eigenvalue weighted by Crippen LogP contribution is -1.93. The molecule has 0 bridgehead atoms. The van der Waals surface area contributed by atoms with Gasteiger partial charge in [-0.3, -0.25) is 20.2 Å². The van der Waals surface area contributed by atoms with Gasteiger partial charge in [-0.05, 0) is 6.07 Å². The lowest BCUT2D eigenvalue weighted by Gasteiger charge is -1.98. The van der Waals surface area contributed by atoms with E-state index < -0.39 is 9.85 Å². The van der Waals surface area contributed by atoms with Gasteiger partial charge >= 0.3 is 0 Å². The van der Waals surface area contributed by atoms with Crippen LogP contribution in [0.2, 0.25) is 0 Å².